The molecule has 0 aliphatic carbocycles. The lowest BCUT2D eigenvalue weighted by molar-refractivity contribution is -0.134. The second-order valence-electron chi connectivity index (χ2n) is 3.04. The summed E-state index contributed by atoms with van der Waals surface area (Å²) in [5, 5.41) is 10.7. The Morgan fingerprint density at radius 1 is 1.23 bits per heavy atom. The first-order chi connectivity index (χ1) is 6.15. The van der Waals surface area contributed by atoms with Crippen LogP contribution in [0, 0.1) is 0 Å². The molecule has 1 fully saturated rings. The van der Waals surface area contributed by atoms with Crippen molar-refractivity contribution in [3.63, 3.8) is 0 Å². The van der Waals surface area contributed by atoms with Gasteiger partial charge in [0.2, 0.25) is 0 Å². The van der Waals surface area contributed by atoms with E-state index in [2.05, 4.69) is 19.2 Å². The normalized spacial score (nSPS) is 14.4. The third-order valence-corrected chi connectivity index (χ3v) is 1.21. The van der Waals surface area contributed by atoms with Gasteiger partial charge in [0.15, 0.2) is 0 Å². The smallest absolute Gasteiger partial charge is 0.300 e. The molecule has 0 aromatic heterocycles. The van der Waals surface area contributed by atoms with Crippen LogP contribution >= 0.6 is 0 Å². The maximum Gasteiger partial charge on any atom is 0.300 e. The molecule has 0 radical (unpaired) electrons. The average molecular weight is 189 g/mol. The van der Waals surface area contributed by atoms with Gasteiger partial charge in [-0.1, -0.05) is 26.7 Å². The van der Waals surface area contributed by atoms with E-state index in [0.717, 1.165) is 6.92 Å². The van der Waals surface area contributed by atoms with Gasteiger partial charge in [0.05, 0.1) is 0 Å². The molecule has 3 heteroatoms. The molecule has 1 saturated heterocycles. The number of hydrogen-bond acceptors (Lipinski definition) is 2. The predicted molar refractivity (Wildman–Crippen MR) is 56.0 cm³/mol. The SMILES string of the molecule is C1CCNCC1.CC(=O)O.CCC. The molecule has 0 unspecified atom stereocenters. The van der Waals surface area contributed by atoms with Crippen LogP contribution in [0.4, 0.5) is 0 Å². The molecule has 1 aliphatic rings. The van der Waals surface area contributed by atoms with Crippen molar-refractivity contribution >= 4 is 5.97 Å². The molecule has 2 N–H and O–H groups in total. The zero-order valence-corrected chi connectivity index (χ0v) is 9.10. The Morgan fingerprint density at radius 3 is 1.62 bits per heavy atom. The Labute approximate surface area is 81.5 Å². The minimum atomic E-state index is -0.833. The Balaban J connectivity index is 0. The molecule has 0 amide bonds. The maximum absolute atomic E-state index is 9.00. The Morgan fingerprint density at radius 2 is 1.54 bits per heavy atom. The summed E-state index contributed by atoms with van der Waals surface area (Å²) in [7, 11) is 0. The van der Waals surface area contributed by atoms with Crippen molar-refractivity contribution in [2.75, 3.05) is 13.1 Å². The number of carboxylic acids is 1. The van der Waals surface area contributed by atoms with Crippen LogP contribution in [0.25, 0.3) is 0 Å². The van der Waals surface area contributed by atoms with E-state index in [9.17, 15) is 0 Å². The fraction of sp³-hybridized carbons (Fsp3) is 0.900. The second kappa shape index (κ2) is 14.0. The molecule has 1 heterocycles. The summed E-state index contributed by atoms with van der Waals surface area (Å²) in [6.45, 7) is 7.83. The molecule has 0 saturated carbocycles. The predicted octanol–water partition coefficient (Wildman–Crippen LogP) is 2.27. The van der Waals surface area contributed by atoms with Gasteiger partial charge >= 0.3 is 0 Å². The van der Waals surface area contributed by atoms with E-state index in [1.165, 1.54) is 38.8 Å². The van der Waals surface area contributed by atoms with Crippen molar-refractivity contribution in [3.05, 3.63) is 0 Å². The van der Waals surface area contributed by atoms with E-state index in [-0.39, 0.29) is 0 Å². The molecule has 0 aromatic rings. The highest BCUT2D eigenvalue weighted by Crippen LogP contribution is 1.96. The van der Waals surface area contributed by atoms with Gasteiger partial charge in [0.25, 0.3) is 5.97 Å². The minimum absolute atomic E-state index is 0.833. The highest BCUT2D eigenvalue weighted by molar-refractivity contribution is 5.62. The number of carboxylic acid groups (broad SMARTS) is 1. The van der Waals surface area contributed by atoms with Crippen LogP contribution in [0.2, 0.25) is 0 Å². The van der Waals surface area contributed by atoms with Crippen molar-refractivity contribution in [1.29, 1.82) is 0 Å². The lowest BCUT2D eigenvalue weighted by atomic mass is 10.2. The van der Waals surface area contributed by atoms with Crippen LogP contribution in [0.1, 0.15) is 46.5 Å². The quantitative estimate of drug-likeness (QED) is 0.614. The third kappa shape index (κ3) is 34.5. The van der Waals surface area contributed by atoms with Gasteiger partial charge in [-0.15, -0.1) is 0 Å². The summed E-state index contributed by atoms with van der Waals surface area (Å²) in [4.78, 5) is 9.00. The number of rotatable bonds is 0. The van der Waals surface area contributed by atoms with Gasteiger partial charge in [-0.2, -0.15) is 0 Å². The first-order valence-electron chi connectivity index (χ1n) is 5.05. The van der Waals surface area contributed by atoms with Crippen LogP contribution in [0.5, 0.6) is 0 Å². The Hall–Kier alpha value is -0.570. The lowest BCUT2D eigenvalue weighted by Crippen LogP contribution is -2.21. The zero-order valence-electron chi connectivity index (χ0n) is 9.10. The van der Waals surface area contributed by atoms with E-state index in [1.54, 1.807) is 0 Å². The number of piperidine rings is 1. The molecule has 80 valence electrons. The van der Waals surface area contributed by atoms with Gasteiger partial charge in [0, 0.05) is 6.92 Å². The summed E-state index contributed by atoms with van der Waals surface area (Å²) in [5.74, 6) is -0.833. The Bertz CT molecular complexity index is 85.6. The minimum Gasteiger partial charge on any atom is -0.481 e. The van der Waals surface area contributed by atoms with Gasteiger partial charge in [-0.25, -0.2) is 0 Å². The molecule has 0 atom stereocenters. The van der Waals surface area contributed by atoms with E-state index in [1.807, 2.05) is 0 Å². The standard InChI is InChI=1S/C5H11N.C3H8.C2H4O2/c1-2-4-6-5-3-1;1-3-2;1-2(3)4/h6H,1-5H2;3H2,1-2H3;1H3,(H,3,4). The fourth-order valence-corrected chi connectivity index (χ4v) is 0.802. The largest absolute Gasteiger partial charge is 0.481 e. The molecule has 0 bridgehead atoms. The third-order valence-electron chi connectivity index (χ3n) is 1.21. The molecule has 1 rings (SSSR count). The molecular formula is C10H23NO2. The van der Waals surface area contributed by atoms with Gasteiger partial charge in [-0.05, 0) is 25.9 Å². The van der Waals surface area contributed by atoms with Gasteiger partial charge in [0.1, 0.15) is 0 Å². The highest BCUT2D eigenvalue weighted by Gasteiger charge is 1.93. The van der Waals surface area contributed by atoms with E-state index in [4.69, 9.17) is 9.90 Å². The van der Waals surface area contributed by atoms with Crippen LogP contribution in [0.3, 0.4) is 0 Å². The van der Waals surface area contributed by atoms with Gasteiger partial charge < -0.3 is 10.4 Å². The van der Waals surface area contributed by atoms with Crippen molar-refractivity contribution in [3.8, 4) is 0 Å². The van der Waals surface area contributed by atoms with Crippen molar-refractivity contribution in [2.24, 2.45) is 0 Å². The summed E-state index contributed by atoms with van der Waals surface area (Å²) in [5.41, 5.74) is 0. The first-order valence-corrected chi connectivity index (χ1v) is 5.05. The van der Waals surface area contributed by atoms with Crippen molar-refractivity contribution < 1.29 is 9.90 Å². The van der Waals surface area contributed by atoms with E-state index in [0.29, 0.717) is 0 Å². The number of carbonyl (C=O) groups is 1. The lowest BCUT2D eigenvalue weighted by Gasteiger charge is -2.08. The topological polar surface area (TPSA) is 49.3 Å². The molecule has 3 nitrogen and oxygen atoms in total. The number of hydrogen-bond donors (Lipinski definition) is 2. The summed E-state index contributed by atoms with van der Waals surface area (Å²) in [6.07, 6.45) is 5.47. The molecule has 1 aliphatic heterocycles. The summed E-state index contributed by atoms with van der Waals surface area (Å²) >= 11 is 0. The van der Waals surface area contributed by atoms with Crippen LogP contribution in [0.15, 0.2) is 0 Å². The fourth-order valence-electron chi connectivity index (χ4n) is 0.802. The highest BCUT2D eigenvalue weighted by atomic mass is 16.4. The molecule has 0 spiro atoms. The van der Waals surface area contributed by atoms with Gasteiger partial charge in [-0.3, -0.25) is 4.79 Å². The summed E-state index contributed by atoms with van der Waals surface area (Å²) < 4.78 is 0. The first kappa shape index (κ1) is 14.9. The van der Waals surface area contributed by atoms with E-state index < -0.39 is 5.97 Å². The number of aliphatic carboxylic acids is 1. The zero-order chi connectivity index (χ0) is 10.5. The molecular weight excluding hydrogens is 166 g/mol. The maximum atomic E-state index is 9.00. The van der Waals surface area contributed by atoms with Crippen LogP contribution < -0.4 is 5.32 Å². The number of nitrogens with one attached hydrogen (secondary N) is 1. The molecule has 0 aromatic carbocycles. The van der Waals surface area contributed by atoms with E-state index >= 15 is 0 Å². The average Bonchev–Trinajstić information content (AvgIpc) is 2.08. The van der Waals surface area contributed by atoms with Crippen LogP contribution in [-0.2, 0) is 4.79 Å². The molecule has 13 heavy (non-hydrogen) atoms. The monoisotopic (exact) mass is 189 g/mol. The second-order valence-corrected chi connectivity index (χ2v) is 3.04. The van der Waals surface area contributed by atoms with Crippen LogP contribution in [-0.4, -0.2) is 24.2 Å². The van der Waals surface area contributed by atoms with Crippen molar-refractivity contribution in [1.82, 2.24) is 5.32 Å². The van der Waals surface area contributed by atoms with Crippen molar-refractivity contribution in [2.45, 2.75) is 46.5 Å². The Kier molecular flexibility index (Phi) is 16.1. The summed E-state index contributed by atoms with van der Waals surface area (Å²) in [6, 6.07) is 0.